The van der Waals surface area contributed by atoms with Crippen LogP contribution in [0.5, 0.6) is 0 Å². The van der Waals surface area contributed by atoms with Crippen LogP contribution < -0.4 is 0 Å². The fourth-order valence-corrected chi connectivity index (χ4v) is 8.18. The van der Waals surface area contributed by atoms with Crippen LogP contribution in [0, 0.1) is 0 Å². The fraction of sp³-hybridized carbons (Fsp3) is 0.0980. The zero-order valence-electron chi connectivity index (χ0n) is 36.7. The predicted molar refractivity (Wildman–Crippen MR) is 223 cm³/mol. The first-order valence-electron chi connectivity index (χ1n) is 22.0. The Morgan fingerprint density at radius 1 is 0.462 bits per heavy atom. The van der Waals surface area contributed by atoms with Crippen LogP contribution in [0.3, 0.4) is 0 Å². The number of fused-ring (bicyclic) bond motifs is 7. The molecule has 0 aliphatic heterocycles. The summed E-state index contributed by atoms with van der Waals surface area (Å²) in [6, 6.07) is 35.5. The maximum Gasteiger partial charge on any atom is 0.134 e. The highest BCUT2D eigenvalue weighted by Crippen LogP contribution is 2.49. The lowest BCUT2D eigenvalue weighted by atomic mass is 9.83. The molecule has 9 aromatic carbocycles. The number of furan rings is 1. The Morgan fingerprint density at radius 3 is 1.85 bits per heavy atom. The summed E-state index contributed by atoms with van der Waals surface area (Å²) < 4.78 is 81.1. The second-order valence-corrected chi connectivity index (χ2v) is 13.5. The van der Waals surface area contributed by atoms with Crippen LogP contribution in [-0.4, -0.2) is 0 Å². The minimum Gasteiger partial charge on any atom is -0.460 e. The summed E-state index contributed by atoms with van der Waals surface area (Å²) >= 11 is 0. The number of para-hydroxylation sites is 1. The third-order valence-corrected chi connectivity index (χ3v) is 10.5. The number of unbranched alkanes of at least 4 members (excludes halogenated alkanes) is 2. The molecule has 10 aromatic rings. The van der Waals surface area contributed by atoms with Gasteiger partial charge in [0.05, 0.1) is 11.0 Å². The lowest BCUT2D eigenvalue weighted by Crippen LogP contribution is -1.94. The molecule has 1 aromatic heterocycles. The maximum absolute atomic E-state index is 9.63. The normalized spacial score (nSPS) is 14.0. The third kappa shape index (κ3) is 4.84. The molecule has 0 spiro atoms. The molecular formula is C51H38O. The lowest BCUT2D eigenvalue weighted by Gasteiger charge is -2.19. The van der Waals surface area contributed by atoms with Crippen LogP contribution in [0.2, 0.25) is 0 Å². The molecule has 0 aliphatic carbocycles. The van der Waals surface area contributed by atoms with Crippen molar-refractivity contribution in [1.29, 1.82) is 0 Å². The van der Waals surface area contributed by atoms with E-state index in [1.165, 1.54) is 0 Å². The smallest absolute Gasteiger partial charge is 0.134 e. The van der Waals surface area contributed by atoms with Gasteiger partial charge in [-0.05, 0) is 101 Å². The summed E-state index contributed by atoms with van der Waals surface area (Å²) in [6.45, 7) is 2.12. The Balaban J connectivity index is 1.40. The van der Waals surface area contributed by atoms with Gasteiger partial charge in [-0.15, -0.1) is 0 Å². The van der Waals surface area contributed by atoms with E-state index in [0.717, 1.165) is 62.7 Å². The molecular weight excluding hydrogens is 629 g/mol. The molecule has 0 fully saturated rings. The maximum atomic E-state index is 9.63. The van der Waals surface area contributed by atoms with Crippen molar-refractivity contribution in [3.8, 4) is 33.4 Å². The molecule has 248 valence electrons. The van der Waals surface area contributed by atoms with Crippen LogP contribution in [0.4, 0.5) is 0 Å². The Kier molecular flexibility index (Phi) is 5.63. The van der Waals surface area contributed by atoms with Gasteiger partial charge in [0.1, 0.15) is 11.3 Å². The fourth-order valence-electron chi connectivity index (χ4n) is 8.18. The molecule has 1 heterocycles. The molecule has 0 saturated carbocycles. The van der Waals surface area contributed by atoms with Gasteiger partial charge in [0.2, 0.25) is 0 Å². The molecule has 0 radical (unpaired) electrons. The van der Waals surface area contributed by atoms with E-state index in [9.17, 15) is 5.48 Å². The summed E-state index contributed by atoms with van der Waals surface area (Å²) in [5.74, 6) is 0.609. The first-order chi connectivity index (χ1) is 29.1. The molecule has 0 saturated heterocycles. The van der Waals surface area contributed by atoms with Crippen molar-refractivity contribution >= 4 is 64.8 Å². The van der Waals surface area contributed by atoms with Gasteiger partial charge in [0.15, 0.2) is 0 Å². The average Bonchev–Trinajstić information content (AvgIpc) is 3.65. The lowest BCUT2D eigenvalue weighted by molar-refractivity contribution is 0.533. The van der Waals surface area contributed by atoms with Gasteiger partial charge in [-0.3, -0.25) is 0 Å². The Morgan fingerprint density at radius 2 is 1.10 bits per heavy atom. The highest BCUT2D eigenvalue weighted by atomic mass is 16.3. The molecule has 10 rings (SSSR count). The molecule has 0 aliphatic rings. The van der Waals surface area contributed by atoms with E-state index in [1.807, 2.05) is 72.8 Å². The number of hydrogen-bond donors (Lipinski definition) is 0. The van der Waals surface area contributed by atoms with Gasteiger partial charge in [-0.1, -0.05) is 165 Å². The minimum absolute atomic E-state index is 0.186. The monoisotopic (exact) mass is 674 g/mol. The molecule has 0 bridgehead atoms. The van der Waals surface area contributed by atoms with Gasteiger partial charge in [0.25, 0.3) is 0 Å². The average molecular weight is 675 g/mol. The van der Waals surface area contributed by atoms with E-state index in [4.69, 9.17) is 9.90 Å². The van der Waals surface area contributed by atoms with E-state index in [-0.39, 0.29) is 45.7 Å². The number of aryl methyl sites for hydroxylation is 1. The molecule has 0 unspecified atom stereocenters. The van der Waals surface area contributed by atoms with Crippen molar-refractivity contribution < 1.29 is 15.4 Å². The Bertz CT molecular complexity index is 3360. The number of hydrogen-bond acceptors (Lipinski definition) is 1. The van der Waals surface area contributed by atoms with Crippen molar-refractivity contribution in [1.82, 2.24) is 0 Å². The van der Waals surface area contributed by atoms with Gasteiger partial charge >= 0.3 is 0 Å². The molecule has 0 atom stereocenters. The van der Waals surface area contributed by atoms with E-state index >= 15 is 0 Å². The van der Waals surface area contributed by atoms with Crippen molar-refractivity contribution in [2.24, 2.45) is 0 Å². The van der Waals surface area contributed by atoms with Gasteiger partial charge in [0, 0.05) is 22.9 Å². The SMILES string of the molecule is [2H]c1c([2H])c([2H])c2c(-c3c(CCCCC)oc4ccccc34)c3c([2H])c([2H])c([2H])c([2H])c3c(-c3cccc4ccc(-c5cc6ccccc6c6ccccc56)cc34)c2c1[2H]. The van der Waals surface area contributed by atoms with E-state index in [1.54, 1.807) is 0 Å². The van der Waals surface area contributed by atoms with Crippen LogP contribution in [0.1, 0.15) is 42.9 Å². The zero-order chi connectivity index (χ0) is 41.6. The molecule has 1 heteroatoms. The summed E-state index contributed by atoms with van der Waals surface area (Å²) in [4.78, 5) is 0. The second-order valence-electron chi connectivity index (χ2n) is 13.5. The summed E-state index contributed by atoms with van der Waals surface area (Å²) in [7, 11) is 0. The highest BCUT2D eigenvalue weighted by molar-refractivity contribution is 6.25. The standard InChI is InChI=1S/C51H38O/c1-2-3-4-28-48-51(44-25-13-14-27-47(44)52-48)50-41-23-11-9-21-39(41)49(40-22-10-12-24-42(40)50)43-26-15-17-33-29-30-35(32-45(33)43)46-31-34-16-5-6-18-36(34)37-19-7-8-20-38(37)46/h5-27,29-32H,2-4,28H2,1H3/i9D,10D,11D,12D,21D,22D,23D,24D. The summed E-state index contributed by atoms with van der Waals surface area (Å²) in [5.41, 5.74) is 4.38. The van der Waals surface area contributed by atoms with E-state index in [2.05, 4.69) is 49.4 Å². The largest absolute Gasteiger partial charge is 0.460 e. The first-order valence-corrected chi connectivity index (χ1v) is 18.0. The summed E-state index contributed by atoms with van der Waals surface area (Å²) in [5, 5.41) is 7.55. The van der Waals surface area contributed by atoms with Gasteiger partial charge in [-0.25, -0.2) is 0 Å². The van der Waals surface area contributed by atoms with Crippen LogP contribution in [-0.2, 0) is 6.42 Å². The zero-order valence-corrected chi connectivity index (χ0v) is 28.7. The second kappa shape index (κ2) is 12.5. The van der Waals surface area contributed by atoms with Crippen molar-refractivity contribution in [2.45, 2.75) is 32.6 Å². The van der Waals surface area contributed by atoms with Crippen LogP contribution in [0.25, 0.3) is 98.2 Å². The Hall–Kier alpha value is -6.18. The van der Waals surface area contributed by atoms with Crippen molar-refractivity contribution in [2.75, 3.05) is 0 Å². The van der Waals surface area contributed by atoms with Crippen molar-refractivity contribution in [3.63, 3.8) is 0 Å². The quantitative estimate of drug-likeness (QED) is 0.0932. The highest BCUT2D eigenvalue weighted by Gasteiger charge is 2.23. The molecule has 0 amide bonds. The topological polar surface area (TPSA) is 13.1 Å². The molecule has 52 heavy (non-hydrogen) atoms. The first kappa shape index (κ1) is 23.3. The third-order valence-electron chi connectivity index (χ3n) is 10.5. The van der Waals surface area contributed by atoms with Crippen molar-refractivity contribution in [3.05, 3.63) is 169 Å². The van der Waals surface area contributed by atoms with E-state index < -0.39 is 24.2 Å². The minimum atomic E-state index is -0.427. The number of benzene rings is 9. The molecule has 1 nitrogen and oxygen atoms in total. The predicted octanol–water partition coefficient (Wildman–Crippen LogP) is 14.9. The van der Waals surface area contributed by atoms with Crippen LogP contribution >= 0.6 is 0 Å². The van der Waals surface area contributed by atoms with E-state index in [0.29, 0.717) is 45.4 Å². The van der Waals surface area contributed by atoms with Gasteiger partial charge in [-0.2, -0.15) is 0 Å². The Labute approximate surface area is 315 Å². The van der Waals surface area contributed by atoms with Crippen LogP contribution in [0.15, 0.2) is 168 Å². The van der Waals surface area contributed by atoms with Gasteiger partial charge < -0.3 is 4.42 Å². The number of rotatable bonds is 7. The molecule has 0 N–H and O–H groups in total. The summed E-state index contributed by atoms with van der Waals surface area (Å²) in [6.07, 6.45) is 3.25.